The molecule has 74 heavy (non-hydrogen) atoms. The maximum absolute atomic E-state index is 12.9. The van der Waals surface area contributed by atoms with Crippen molar-refractivity contribution in [1.29, 1.82) is 0 Å². The van der Waals surface area contributed by atoms with Gasteiger partial charge in [0.2, 0.25) is 0 Å². The highest BCUT2D eigenvalue weighted by molar-refractivity contribution is 5.71. The molecule has 0 aliphatic carbocycles. The lowest BCUT2D eigenvalue weighted by atomic mass is 10.0. The van der Waals surface area contributed by atoms with E-state index in [1.54, 1.807) is 0 Å². The average molecular weight is 1050 g/mol. The van der Waals surface area contributed by atoms with E-state index in [1.807, 2.05) is 21.1 Å². The molecule has 1 N–H and O–H groups in total. The number of unbranched alkanes of at least 4 members (excludes halogenated alkanes) is 41. The van der Waals surface area contributed by atoms with E-state index in [-0.39, 0.29) is 38.2 Å². The molecule has 0 aromatic heterocycles. The van der Waals surface area contributed by atoms with Gasteiger partial charge in [-0.3, -0.25) is 9.59 Å². The minimum atomic E-state index is -1.51. The van der Waals surface area contributed by atoms with E-state index in [0.29, 0.717) is 17.4 Å². The van der Waals surface area contributed by atoms with Gasteiger partial charge in [0, 0.05) is 12.8 Å². The summed E-state index contributed by atoms with van der Waals surface area (Å²) in [7, 11) is 5.98. The van der Waals surface area contributed by atoms with E-state index < -0.39 is 18.4 Å². The molecule has 0 heterocycles. The lowest BCUT2D eigenvalue weighted by Gasteiger charge is -2.25. The van der Waals surface area contributed by atoms with Gasteiger partial charge in [-0.1, -0.05) is 282 Å². The Morgan fingerprint density at radius 1 is 0.405 bits per heavy atom. The largest absolute Gasteiger partial charge is 0.477 e. The molecule has 0 saturated carbocycles. The van der Waals surface area contributed by atoms with Crippen molar-refractivity contribution in [2.45, 2.75) is 328 Å². The SMILES string of the molecule is CCCCCCC/C=C\C/C=C\CCCCCCCCCCCCCCCCCCCC(=O)OC(COC(=O)CCCCCCCCCCCCCCCCCCCCCC)COC(OCC[N+](C)(C)C)C(=O)O. The zero-order chi connectivity index (χ0) is 54.1. The van der Waals surface area contributed by atoms with E-state index in [2.05, 4.69) is 38.2 Å². The van der Waals surface area contributed by atoms with Crippen LogP contribution in [-0.2, 0) is 33.3 Å². The smallest absolute Gasteiger partial charge is 0.361 e. The number of aliphatic carboxylic acids is 1. The first-order valence-corrected chi connectivity index (χ1v) is 32.0. The second-order valence-corrected chi connectivity index (χ2v) is 23.1. The molecule has 0 aliphatic heterocycles. The van der Waals surface area contributed by atoms with E-state index in [1.165, 1.54) is 244 Å². The Morgan fingerprint density at radius 2 is 0.730 bits per heavy atom. The number of carbonyl (C=O) groups is 3. The highest BCUT2D eigenvalue weighted by Crippen LogP contribution is 2.18. The van der Waals surface area contributed by atoms with Crippen molar-refractivity contribution in [3.8, 4) is 0 Å². The maximum atomic E-state index is 12.9. The second kappa shape index (κ2) is 57.0. The van der Waals surface area contributed by atoms with Crippen molar-refractivity contribution >= 4 is 17.9 Å². The average Bonchev–Trinajstić information content (AvgIpc) is 3.37. The molecule has 0 aromatic rings. The van der Waals surface area contributed by atoms with Crippen LogP contribution in [0.3, 0.4) is 0 Å². The number of ether oxygens (including phenoxy) is 4. The number of hydrogen-bond acceptors (Lipinski definition) is 7. The minimum absolute atomic E-state index is 0.175. The number of likely N-dealkylation sites (N-methyl/N-ethyl adjacent to an activating group) is 1. The summed E-state index contributed by atoms with van der Waals surface area (Å²) in [6.45, 7) is 4.93. The van der Waals surface area contributed by atoms with Gasteiger partial charge in [0.25, 0.3) is 6.29 Å². The summed E-state index contributed by atoms with van der Waals surface area (Å²) >= 11 is 0. The fraction of sp³-hybridized carbons (Fsp3) is 0.892. The summed E-state index contributed by atoms with van der Waals surface area (Å²) in [6, 6.07) is 0. The van der Waals surface area contributed by atoms with Gasteiger partial charge in [-0.25, -0.2) is 4.79 Å². The van der Waals surface area contributed by atoms with Gasteiger partial charge in [-0.05, 0) is 44.9 Å². The minimum Gasteiger partial charge on any atom is -0.477 e. The van der Waals surface area contributed by atoms with Crippen molar-refractivity contribution in [2.75, 3.05) is 47.5 Å². The molecule has 436 valence electrons. The monoisotopic (exact) mass is 1050 g/mol. The third-order valence-corrected chi connectivity index (χ3v) is 14.5. The van der Waals surface area contributed by atoms with Crippen molar-refractivity contribution in [2.24, 2.45) is 0 Å². The number of carboxylic acids is 1. The first kappa shape index (κ1) is 71.8. The third-order valence-electron chi connectivity index (χ3n) is 14.5. The number of hydrogen-bond donors (Lipinski definition) is 1. The highest BCUT2D eigenvalue weighted by Gasteiger charge is 2.25. The van der Waals surface area contributed by atoms with Crippen LogP contribution in [0.25, 0.3) is 0 Å². The van der Waals surface area contributed by atoms with Crippen LogP contribution in [0.15, 0.2) is 24.3 Å². The van der Waals surface area contributed by atoms with E-state index in [0.717, 1.165) is 44.9 Å². The van der Waals surface area contributed by atoms with Crippen molar-refractivity contribution in [1.82, 2.24) is 0 Å². The Morgan fingerprint density at radius 3 is 1.07 bits per heavy atom. The molecule has 0 bridgehead atoms. The molecular formula is C65H124NO8+. The van der Waals surface area contributed by atoms with Crippen LogP contribution in [-0.4, -0.2) is 87.4 Å². The topological polar surface area (TPSA) is 108 Å². The molecule has 0 fully saturated rings. The summed E-state index contributed by atoms with van der Waals surface area (Å²) in [4.78, 5) is 37.5. The molecule has 9 nitrogen and oxygen atoms in total. The molecule has 0 amide bonds. The van der Waals surface area contributed by atoms with Gasteiger partial charge in [0.05, 0.1) is 34.4 Å². The number of rotatable bonds is 60. The number of carboxylic acid groups (broad SMARTS) is 1. The second-order valence-electron chi connectivity index (χ2n) is 23.1. The lowest BCUT2D eigenvalue weighted by molar-refractivity contribution is -0.870. The predicted octanol–water partition coefficient (Wildman–Crippen LogP) is 19.1. The fourth-order valence-electron chi connectivity index (χ4n) is 9.52. The highest BCUT2D eigenvalue weighted by atomic mass is 16.7. The van der Waals surface area contributed by atoms with Gasteiger partial charge in [0.15, 0.2) is 6.10 Å². The Balaban J connectivity index is 4.12. The molecule has 2 unspecified atom stereocenters. The number of nitrogens with zero attached hydrogens (tertiary/aromatic N) is 1. The predicted molar refractivity (Wildman–Crippen MR) is 314 cm³/mol. The molecule has 0 rings (SSSR count). The molecule has 0 aromatic carbocycles. The molecule has 0 saturated heterocycles. The maximum Gasteiger partial charge on any atom is 0.361 e. The fourth-order valence-corrected chi connectivity index (χ4v) is 9.52. The van der Waals surface area contributed by atoms with Gasteiger partial charge in [0.1, 0.15) is 13.2 Å². The summed E-state index contributed by atoms with van der Waals surface area (Å²) in [5.41, 5.74) is 0. The number of allylic oxidation sites excluding steroid dienone is 4. The van der Waals surface area contributed by atoms with Crippen LogP contribution in [0.1, 0.15) is 316 Å². The normalized spacial score (nSPS) is 12.8. The Kier molecular flexibility index (Phi) is 55.2. The van der Waals surface area contributed by atoms with E-state index in [9.17, 15) is 19.5 Å². The van der Waals surface area contributed by atoms with E-state index >= 15 is 0 Å². The molecule has 0 aliphatic rings. The lowest BCUT2D eigenvalue weighted by Crippen LogP contribution is -2.40. The molecule has 2 atom stereocenters. The van der Waals surface area contributed by atoms with E-state index in [4.69, 9.17) is 18.9 Å². The molecule has 0 radical (unpaired) electrons. The number of esters is 2. The Labute approximate surface area is 458 Å². The first-order valence-electron chi connectivity index (χ1n) is 32.0. The van der Waals surface area contributed by atoms with Crippen molar-refractivity contribution in [3.63, 3.8) is 0 Å². The quantitative estimate of drug-likeness (QED) is 0.0211. The van der Waals surface area contributed by atoms with Crippen LogP contribution in [0.4, 0.5) is 0 Å². The number of quaternary nitrogens is 1. The Bertz CT molecular complexity index is 1260. The summed E-state index contributed by atoms with van der Waals surface area (Å²) < 4.78 is 23.0. The van der Waals surface area contributed by atoms with Gasteiger partial charge < -0.3 is 28.5 Å². The van der Waals surface area contributed by atoms with Crippen molar-refractivity contribution < 1.29 is 42.9 Å². The number of carbonyl (C=O) groups excluding carboxylic acids is 2. The molecular weight excluding hydrogens is 923 g/mol. The van der Waals surface area contributed by atoms with Crippen LogP contribution < -0.4 is 0 Å². The van der Waals surface area contributed by atoms with Crippen LogP contribution >= 0.6 is 0 Å². The summed E-state index contributed by atoms with van der Waals surface area (Å²) in [5.74, 6) is -1.98. The van der Waals surface area contributed by atoms with Gasteiger partial charge in [-0.2, -0.15) is 0 Å². The summed E-state index contributed by atoms with van der Waals surface area (Å²) in [5, 5.41) is 9.72. The molecule has 9 heteroatoms. The van der Waals surface area contributed by atoms with Crippen molar-refractivity contribution in [3.05, 3.63) is 24.3 Å². The van der Waals surface area contributed by atoms with Gasteiger partial charge >= 0.3 is 17.9 Å². The molecule has 0 spiro atoms. The Hall–Kier alpha value is -2.23. The zero-order valence-electron chi connectivity index (χ0n) is 49.8. The van der Waals surface area contributed by atoms with Gasteiger partial charge in [-0.15, -0.1) is 0 Å². The van der Waals surface area contributed by atoms with Crippen LogP contribution in [0, 0.1) is 0 Å². The van der Waals surface area contributed by atoms with Crippen LogP contribution in [0.5, 0.6) is 0 Å². The zero-order valence-corrected chi connectivity index (χ0v) is 49.8. The summed E-state index contributed by atoms with van der Waals surface area (Å²) in [6.07, 6.45) is 65.6. The first-order chi connectivity index (χ1) is 36.1. The standard InChI is InChI=1S/C65H123NO8/c1-6-8-10-12-14-16-18-20-22-24-26-28-29-30-31-32-33-34-35-36-38-40-42-44-46-48-50-52-54-56-63(68)74-61(60-73-65(64(69)70)71-58-57-66(3,4)5)59-72-62(67)55-53-51-49-47-45-43-41-39-37-27-25-23-21-19-17-15-13-11-9-7-2/h18,20,24,26,61,65H,6-17,19,21-23,25,27-60H2,1-5H3/p+1/b20-18-,26-24-. The third kappa shape index (κ3) is 57.5. The van der Waals surface area contributed by atoms with Crippen LogP contribution in [0.2, 0.25) is 0 Å².